The summed E-state index contributed by atoms with van der Waals surface area (Å²) in [7, 11) is 0. The number of amides is 1. The minimum atomic E-state index is 0.200. The van der Waals surface area contributed by atoms with Crippen LogP contribution in [0.2, 0.25) is 5.02 Å². The van der Waals surface area contributed by atoms with E-state index in [1.807, 2.05) is 18.2 Å². The maximum Gasteiger partial charge on any atom is 0.220 e. The largest absolute Gasteiger partial charge is 0.356 e. The lowest BCUT2D eigenvalue weighted by Gasteiger charge is -2.32. The Labute approximate surface area is 157 Å². The van der Waals surface area contributed by atoms with Crippen molar-refractivity contribution in [2.75, 3.05) is 26.2 Å². The molecule has 3 N–H and O–H groups in total. The number of nitrogens with two attached hydrogens (primary N) is 1. The first-order chi connectivity index (χ1) is 12.2. The lowest BCUT2D eigenvalue weighted by atomic mass is 9.96. The molecule has 0 aromatic heterocycles. The lowest BCUT2D eigenvalue weighted by Crippen LogP contribution is -2.38. The summed E-state index contributed by atoms with van der Waals surface area (Å²) >= 11 is 6.25. The molecule has 1 saturated heterocycles. The lowest BCUT2D eigenvalue weighted by molar-refractivity contribution is -0.121. The summed E-state index contributed by atoms with van der Waals surface area (Å²) in [6.45, 7) is 4.64. The third-order valence-electron chi connectivity index (χ3n) is 5.00. The van der Waals surface area contributed by atoms with Crippen LogP contribution < -0.4 is 11.1 Å². The van der Waals surface area contributed by atoms with E-state index >= 15 is 0 Å². The number of halogens is 1. The molecule has 1 aromatic carbocycles. The van der Waals surface area contributed by atoms with Crippen LogP contribution in [0, 0.1) is 5.92 Å². The van der Waals surface area contributed by atoms with Gasteiger partial charge < -0.3 is 11.1 Å². The van der Waals surface area contributed by atoms with E-state index in [1.54, 1.807) is 0 Å². The van der Waals surface area contributed by atoms with E-state index in [-0.39, 0.29) is 5.91 Å². The van der Waals surface area contributed by atoms with Gasteiger partial charge in [0.15, 0.2) is 0 Å². The summed E-state index contributed by atoms with van der Waals surface area (Å²) in [4.78, 5) is 14.4. The van der Waals surface area contributed by atoms with Gasteiger partial charge in [0.1, 0.15) is 0 Å². The average Bonchev–Trinajstić information content (AvgIpc) is 2.63. The van der Waals surface area contributed by atoms with Gasteiger partial charge in [-0.2, -0.15) is 0 Å². The third-order valence-corrected chi connectivity index (χ3v) is 5.37. The quantitative estimate of drug-likeness (QED) is 0.623. The van der Waals surface area contributed by atoms with Crippen LogP contribution in [0.1, 0.15) is 50.5 Å². The van der Waals surface area contributed by atoms with E-state index in [0.717, 1.165) is 76.3 Å². The standard InChI is InChI=1S/C20H32ClN3O/c21-19-8-5-4-7-18(19)16-24-13-10-17(11-14-24)15-23-20(25)9-3-1-2-6-12-22/h4-5,7-8,17H,1-3,6,9-16,22H2,(H,23,25). The van der Waals surface area contributed by atoms with Crippen LogP contribution in [-0.4, -0.2) is 37.0 Å². The van der Waals surface area contributed by atoms with Crippen molar-refractivity contribution in [3.05, 3.63) is 34.9 Å². The molecule has 1 aliphatic rings. The van der Waals surface area contributed by atoms with Crippen molar-refractivity contribution < 1.29 is 4.79 Å². The highest BCUT2D eigenvalue weighted by Gasteiger charge is 2.20. The molecule has 0 unspecified atom stereocenters. The molecule has 140 valence electrons. The van der Waals surface area contributed by atoms with Gasteiger partial charge in [-0.3, -0.25) is 9.69 Å². The van der Waals surface area contributed by atoms with E-state index in [4.69, 9.17) is 17.3 Å². The number of piperidine rings is 1. The van der Waals surface area contributed by atoms with Crippen LogP contribution in [0.25, 0.3) is 0 Å². The number of likely N-dealkylation sites (tertiary alicyclic amines) is 1. The highest BCUT2D eigenvalue weighted by Crippen LogP contribution is 2.22. The molecule has 1 amide bonds. The fourth-order valence-electron chi connectivity index (χ4n) is 3.35. The highest BCUT2D eigenvalue weighted by atomic mass is 35.5. The van der Waals surface area contributed by atoms with Gasteiger partial charge in [0.2, 0.25) is 5.91 Å². The molecule has 0 spiro atoms. The van der Waals surface area contributed by atoms with E-state index in [0.29, 0.717) is 12.3 Å². The molecule has 0 radical (unpaired) electrons. The Hall–Kier alpha value is -1.10. The zero-order valence-electron chi connectivity index (χ0n) is 15.2. The van der Waals surface area contributed by atoms with E-state index in [9.17, 15) is 4.79 Å². The summed E-state index contributed by atoms with van der Waals surface area (Å²) in [5.74, 6) is 0.801. The fourth-order valence-corrected chi connectivity index (χ4v) is 3.54. The molecule has 2 rings (SSSR count). The topological polar surface area (TPSA) is 58.4 Å². The van der Waals surface area contributed by atoms with Gasteiger partial charge in [-0.15, -0.1) is 0 Å². The van der Waals surface area contributed by atoms with Gasteiger partial charge in [-0.25, -0.2) is 0 Å². The number of nitrogens with one attached hydrogen (secondary N) is 1. The number of unbranched alkanes of at least 4 members (excludes halogenated alkanes) is 3. The molecule has 4 nitrogen and oxygen atoms in total. The van der Waals surface area contributed by atoms with Crippen molar-refractivity contribution in [1.29, 1.82) is 0 Å². The summed E-state index contributed by atoms with van der Waals surface area (Å²) in [5, 5.41) is 3.96. The number of carbonyl (C=O) groups is 1. The Morgan fingerprint density at radius 2 is 1.88 bits per heavy atom. The van der Waals surface area contributed by atoms with Crippen molar-refractivity contribution in [3.63, 3.8) is 0 Å². The Kier molecular flexibility index (Phi) is 9.30. The first-order valence-corrected chi connectivity index (χ1v) is 9.99. The third kappa shape index (κ3) is 7.76. The van der Waals surface area contributed by atoms with Crippen LogP contribution in [0.5, 0.6) is 0 Å². The van der Waals surface area contributed by atoms with Crippen molar-refractivity contribution in [2.24, 2.45) is 11.7 Å². The van der Waals surface area contributed by atoms with E-state index in [1.165, 1.54) is 5.56 Å². The summed E-state index contributed by atoms with van der Waals surface area (Å²) in [6.07, 6.45) is 7.20. The molecule has 0 saturated carbocycles. The zero-order chi connectivity index (χ0) is 17.9. The van der Waals surface area contributed by atoms with Gasteiger partial charge in [-0.05, 0) is 62.9 Å². The fraction of sp³-hybridized carbons (Fsp3) is 0.650. The minimum absolute atomic E-state index is 0.200. The number of rotatable bonds is 10. The molecule has 1 aliphatic heterocycles. The zero-order valence-corrected chi connectivity index (χ0v) is 15.9. The normalized spacial score (nSPS) is 16.1. The summed E-state index contributed by atoms with van der Waals surface area (Å²) in [6, 6.07) is 8.07. The van der Waals surface area contributed by atoms with Gasteiger partial charge in [0.05, 0.1) is 0 Å². The Morgan fingerprint density at radius 1 is 1.16 bits per heavy atom. The predicted octanol–water partition coefficient (Wildman–Crippen LogP) is 3.58. The first kappa shape index (κ1) is 20.2. The monoisotopic (exact) mass is 365 g/mol. The molecule has 1 aromatic rings. The molecule has 1 heterocycles. The number of benzene rings is 1. The molecule has 0 aliphatic carbocycles. The smallest absolute Gasteiger partial charge is 0.220 e. The van der Waals surface area contributed by atoms with Gasteiger partial charge in [-0.1, -0.05) is 42.6 Å². The number of carbonyl (C=O) groups excluding carboxylic acids is 1. The number of nitrogens with zero attached hydrogens (tertiary/aromatic N) is 1. The van der Waals surface area contributed by atoms with Crippen LogP contribution >= 0.6 is 11.6 Å². The Balaban J connectivity index is 1.57. The van der Waals surface area contributed by atoms with Gasteiger partial charge >= 0.3 is 0 Å². The molecule has 1 fully saturated rings. The van der Waals surface area contributed by atoms with Gasteiger partial charge in [0, 0.05) is 24.5 Å². The predicted molar refractivity (Wildman–Crippen MR) is 105 cm³/mol. The molecule has 0 bridgehead atoms. The second-order valence-electron chi connectivity index (χ2n) is 7.07. The van der Waals surface area contributed by atoms with Crippen LogP contribution in [-0.2, 0) is 11.3 Å². The van der Waals surface area contributed by atoms with Crippen LogP contribution in [0.4, 0.5) is 0 Å². The molecule has 0 atom stereocenters. The van der Waals surface area contributed by atoms with Crippen LogP contribution in [0.15, 0.2) is 24.3 Å². The Morgan fingerprint density at radius 3 is 2.60 bits per heavy atom. The highest BCUT2D eigenvalue weighted by molar-refractivity contribution is 6.31. The van der Waals surface area contributed by atoms with Crippen molar-refractivity contribution in [1.82, 2.24) is 10.2 Å². The maximum atomic E-state index is 11.9. The maximum absolute atomic E-state index is 11.9. The first-order valence-electron chi connectivity index (χ1n) is 9.61. The average molecular weight is 366 g/mol. The number of hydrogen-bond acceptors (Lipinski definition) is 3. The van der Waals surface area contributed by atoms with Crippen molar-refractivity contribution in [2.45, 2.75) is 51.5 Å². The summed E-state index contributed by atoms with van der Waals surface area (Å²) in [5.41, 5.74) is 6.67. The van der Waals surface area contributed by atoms with Gasteiger partial charge in [0.25, 0.3) is 0 Å². The second kappa shape index (κ2) is 11.5. The SMILES string of the molecule is NCCCCCCC(=O)NCC1CCN(Cc2ccccc2Cl)CC1. The van der Waals surface area contributed by atoms with Crippen molar-refractivity contribution >= 4 is 17.5 Å². The minimum Gasteiger partial charge on any atom is -0.356 e. The molecular formula is C20H32ClN3O. The second-order valence-corrected chi connectivity index (χ2v) is 7.48. The molecule has 5 heteroatoms. The summed E-state index contributed by atoms with van der Waals surface area (Å²) < 4.78 is 0. The number of hydrogen-bond donors (Lipinski definition) is 2. The Bertz CT molecular complexity index is 515. The van der Waals surface area contributed by atoms with Crippen molar-refractivity contribution in [3.8, 4) is 0 Å². The molecule has 25 heavy (non-hydrogen) atoms. The molecular weight excluding hydrogens is 334 g/mol. The van der Waals surface area contributed by atoms with E-state index < -0.39 is 0 Å². The van der Waals surface area contributed by atoms with Crippen LogP contribution in [0.3, 0.4) is 0 Å². The van der Waals surface area contributed by atoms with E-state index in [2.05, 4.69) is 16.3 Å².